The van der Waals surface area contributed by atoms with Gasteiger partial charge in [0.15, 0.2) is 0 Å². The van der Waals surface area contributed by atoms with Crippen LogP contribution in [0.3, 0.4) is 0 Å². The number of amides is 1. The van der Waals surface area contributed by atoms with Gasteiger partial charge < -0.3 is 10.4 Å². The van der Waals surface area contributed by atoms with E-state index in [9.17, 15) is 14.9 Å². The fraction of sp³-hybridized carbons (Fsp3) is 0.176. The number of aryl methyl sites for hydroxylation is 2. The van der Waals surface area contributed by atoms with Gasteiger partial charge >= 0.3 is 5.97 Å². The normalized spacial score (nSPS) is 10.2. The second kappa shape index (κ2) is 8.01. The third-order valence-corrected chi connectivity index (χ3v) is 4.55. The van der Waals surface area contributed by atoms with Gasteiger partial charge in [0.25, 0.3) is 0 Å². The average Bonchev–Trinajstić information content (AvgIpc) is 2.54. The molecule has 6 nitrogen and oxygen atoms in total. The van der Waals surface area contributed by atoms with Crippen LogP contribution >= 0.6 is 23.4 Å². The molecule has 1 aromatic heterocycles. The molecule has 0 aliphatic heterocycles. The number of aromatic nitrogens is 1. The summed E-state index contributed by atoms with van der Waals surface area (Å²) in [6, 6.07) is 8.13. The molecule has 128 valence electrons. The van der Waals surface area contributed by atoms with E-state index in [2.05, 4.69) is 16.4 Å². The van der Waals surface area contributed by atoms with E-state index in [0.717, 1.165) is 23.0 Å². The van der Waals surface area contributed by atoms with Gasteiger partial charge in [0.05, 0.1) is 21.9 Å². The van der Waals surface area contributed by atoms with Gasteiger partial charge in [-0.2, -0.15) is 5.26 Å². The largest absolute Gasteiger partial charge is 0.478 e. The van der Waals surface area contributed by atoms with Gasteiger partial charge in [-0.15, -0.1) is 0 Å². The maximum Gasteiger partial charge on any atom is 0.337 e. The Labute approximate surface area is 153 Å². The Bertz CT molecular complexity index is 893. The predicted molar refractivity (Wildman–Crippen MR) is 96.2 cm³/mol. The van der Waals surface area contributed by atoms with Crippen LogP contribution in [-0.4, -0.2) is 27.7 Å². The molecule has 0 unspecified atom stereocenters. The van der Waals surface area contributed by atoms with Crippen molar-refractivity contribution >= 4 is 40.9 Å². The number of halogens is 1. The first-order valence-corrected chi connectivity index (χ1v) is 8.52. The monoisotopic (exact) mass is 375 g/mol. The Kier molecular flexibility index (Phi) is 6.02. The maximum atomic E-state index is 12.1. The number of carbonyl (C=O) groups excluding carboxylic acids is 1. The highest BCUT2D eigenvalue weighted by atomic mass is 35.5. The Morgan fingerprint density at radius 3 is 2.72 bits per heavy atom. The Hall–Kier alpha value is -2.56. The number of aromatic carboxylic acids is 1. The van der Waals surface area contributed by atoms with Crippen molar-refractivity contribution in [2.75, 3.05) is 11.1 Å². The number of nitrogens with one attached hydrogen (secondary N) is 1. The molecule has 0 fully saturated rings. The van der Waals surface area contributed by atoms with E-state index >= 15 is 0 Å². The first-order chi connectivity index (χ1) is 11.8. The van der Waals surface area contributed by atoms with Gasteiger partial charge in [-0.25, -0.2) is 9.78 Å². The molecule has 0 spiro atoms. The number of carboxylic acids is 1. The maximum absolute atomic E-state index is 12.1. The Morgan fingerprint density at radius 2 is 2.08 bits per heavy atom. The van der Waals surface area contributed by atoms with E-state index in [1.807, 2.05) is 19.9 Å². The summed E-state index contributed by atoms with van der Waals surface area (Å²) in [4.78, 5) is 27.5. The first-order valence-electron chi connectivity index (χ1n) is 7.15. The third kappa shape index (κ3) is 4.72. The van der Waals surface area contributed by atoms with Gasteiger partial charge in [0.1, 0.15) is 11.1 Å². The van der Waals surface area contributed by atoms with Crippen molar-refractivity contribution in [1.82, 2.24) is 4.98 Å². The minimum absolute atomic E-state index is 0.0373. The van der Waals surface area contributed by atoms with Crippen LogP contribution in [0.1, 0.15) is 27.2 Å². The summed E-state index contributed by atoms with van der Waals surface area (Å²) in [5.41, 5.74) is 2.27. The van der Waals surface area contributed by atoms with Gasteiger partial charge in [0, 0.05) is 11.4 Å². The molecule has 1 amide bonds. The second-order valence-corrected chi connectivity index (χ2v) is 6.58. The summed E-state index contributed by atoms with van der Waals surface area (Å²) in [7, 11) is 0. The Morgan fingerprint density at radius 1 is 1.36 bits per heavy atom. The molecule has 0 bridgehead atoms. The number of carboxylic acid groups (broad SMARTS) is 1. The number of anilines is 1. The molecule has 1 heterocycles. The fourth-order valence-corrected chi connectivity index (χ4v) is 3.24. The summed E-state index contributed by atoms with van der Waals surface area (Å²) in [5, 5.41) is 21.5. The summed E-state index contributed by atoms with van der Waals surface area (Å²) < 4.78 is 0. The molecular weight excluding hydrogens is 362 g/mol. The number of pyridine rings is 1. The molecule has 0 atom stereocenters. The van der Waals surface area contributed by atoms with E-state index in [1.54, 1.807) is 0 Å². The average molecular weight is 376 g/mol. The van der Waals surface area contributed by atoms with Gasteiger partial charge in [-0.1, -0.05) is 23.4 Å². The highest BCUT2D eigenvalue weighted by Crippen LogP contribution is 2.24. The highest BCUT2D eigenvalue weighted by molar-refractivity contribution is 8.00. The summed E-state index contributed by atoms with van der Waals surface area (Å²) in [5.74, 6) is -1.47. The minimum atomic E-state index is -1.17. The molecule has 2 N–H and O–H groups in total. The lowest BCUT2D eigenvalue weighted by Gasteiger charge is -2.09. The number of benzene rings is 1. The lowest BCUT2D eigenvalue weighted by molar-refractivity contribution is -0.113. The van der Waals surface area contributed by atoms with Crippen molar-refractivity contribution < 1.29 is 14.7 Å². The van der Waals surface area contributed by atoms with Crippen LogP contribution < -0.4 is 5.32 Å². The number of thioether (sulfide) groups is 1. The van der Waals surface area contributed by atoms with E-state index in [1.165, 1.54) is 18.2 Å². The number of rotatable bonds is 5. The fourth-order valence-electron chi connectivity index (χ4n) is 2.14. The van der Waals surface area contributed by atoms with Crippen molar-refractivity contribution in [3.05, 3.63) is 51.7 Å². The quantitative estimate of drug-likeness (QED) is 0.773. The SMILES string of the molecule is Cc1cc(C)c(C#N)c(SCC(=O)Nc2ccc(Cl)c(C(=O)O)c2)n1. The molecule has 25 heavy (non-hydrogen) atoms. The van der Waals surface area contributed by atoms with Crippen LogP contribution in [0.25, 0.3) is 0 Å². The smallest absolute Gasteiger partial charge is 0.337 e. The summed E-state index contributed by atoms with van der Waals surface area (Å²) in [6.07, 6.45) is 0. The van der Waals surface area contributed by atoms with Crippen molar-refractivity contribution in [1.29, 1.82) is 5.26 Å². The van der Waals surface area contributed by atoms with Crippen molar-refractivity contribution in [2.45, 2.75) is 18.9 Å². The molecule has 2 aromatic rings. The zero-order chi connectivity index (χ0) is 18.6. The van der Waals surface area contributed by atoms with Crippen molar-refractivity contribution in [2.24, 2.45) is 0 Å². The predicted octanol–water partition coefficient (Wildman–Crippen LogP) is 3.65. The number of nitriles is 1. The topological polar surface area (TPSA) is 103 Å². The molecule has 0 saturated heterocycles. The molecule has 0 aliphatic rings. The van der Waals surface area contributed by atoms with E-state index in [-0.39, 0.29) is 22.2 Å². The van der Waals surface area contributed by atoms with Crippen LogP contribution in [0, 0.1) is 25.2 Å². The van der Waals surface area contributed by atoms with Gasteiger partial charge in [-0.3, -0.25) is 4.79 Å². The second-order valence-electron chi connectivity index (χ2n) is 5.21. The molecule has 1 aromatic carbocycles. The number of hydrogen-bond donors (Lipinski definition) is 2. The van der Waals surface area contributed by atoms with E-state index in [4.69, 9.17) is 16.7 Å². The Balaban J connectivity index is 2.09. The summed E-state index contributed by atoms with van der Waals surface area (Å²) in [6.45, 7) is 3.64. The number of carbonyl (C=O) groups is 2. The molecule has 0 aliphatic carbocycles. The van der Waals surface area contributed by atoms with Crippen LogP contribution in [0.15, 0.2) is 29.3 Å². The van der Waals surface area contributed by atoms with E-state index in [0.29, 0.717) is 16.3 Å². The zero-order valence-electron chi connectivity index (χ0n) is 13.5. The first kappa shape index (κ1) is 18.8. The third-order valence-electron chi connectivity index (χ3n) is 3.24. The molecule has 0 radical (unpaired) electrons. The minimum Gasteiger partial charge on any atom is -0.478 e. The van der Waals surface area contributed by atoms with Crippen LogP contribution in [0.2, 0.25) is 5.02 Å². The van der Waals surface area contributed by atoms with E-state index < -0.39 is 5.97 Å². The molecule has 0 saturated carbocycles. The highest BCUT2D eigenvalue weighted by Gasteiger charge is 2.13. The lowest BCUT2D eigenvalue weighted by atomic mass is 10.1. The standard InChI is InChI=1S/C17H14ClN3O3S/c1-9-5-10(2)20-16(13(9)7-19)25-8-15(22)21-11-3-4-14(18)12(6-11)17(23)24/h3-6H,8H2,1-2H3,(H,21,22)(H,23,24). The number of nitrogens with zero attached hydrogens (tertiary/aromatic N) is 2. The van der Waals surface area contributed by atoms with Crippen LogP contribution in [0.5, 0.6) is 0 Å². The lowest BCUT2D eigenvalue weighted by Crippen LogP contribution is -2.15. The zero-order valence-corrected chi connectivity index (χ0v) is 15.0. The molecule has 8 heteroatoms. The van der Waals surface area contributed by atoms with Gasteiger partial charge in [-0.05, 0) is 43.7 Å². The van der Waals surface area contributed by atoms with Gasteiger partial charge in [0.2, 0.25) is 5.91 Å². The molecular formula is C17H14ClN3O3S. The van der Waals surface area contributed by atoms with Crippen LogP contribution in [0.4, 0.5) is 5.69 Å². The van der Waals surface area contributed by atoms with Crippen LogP contribution in [-0.2, 0) is 4.79 Å². The van der Waals surface area contributed by atoms with Crippen molar-refractivity contribution in [3.8, 4) is 6.07 Å². The number of hydrogen-bond acceptors (Lipinski definition) is 5. The summed E-state index contributed by atoms with van der Waals surface area (Å²) >= 11 is 6.95. The molecule has 2 rings (SSSR count). The van der Waals surface area contributed by atoms with Crippen molar-refractivity contribution in [3.63, 3.8) is 0 Å².